The second-order valence-corrected chi connectivity index (χ2v) is 6.44. The van der Waals surface area contributed by atoms with E-state index in [0.717, 1.165) is 21.0 Å². The van der Waals surface area contributed by atoms with Crippen molar-refractivity contribution in [2.24, 2.45) is 0 Å². The number of oxazole rings is 1. The van der Waals surface area contributed by atoms with Crippen molar-refractivity contribution in [1.29, 1.82) is 0 Å². The quantitative estimate of drug-likeness (QED) is 0.890. The van der Waals surface area contributed by atoms with Gasteiger partial charge in [0.1, 0.15) is 5.52 Å². The van der Waals surface area contributed by atoms with E-state index in [2.05, 4.69) is 9.71 Å². The van der Waals surface area contributed by atoms with Gasteiger partial charge in [-0.2, -0.15) is 12.7 Å². The fourth-order valence-electron chi connectivity index (χ4n) is 1.69. The van der Waals surface area contributed by atoms with E-state index in [9.17, 15) is 8.42 Å². The van der Waals surface area contributed by atoms with Crippen LogP contribution in [0.3, 0.4) is 0 Å². The van der Waals surface area contributed by atoms with Gasteiger partial charge in [-0.15, -0.1) is 0 Å². The smallest absolute Gasteiger partial charge is 0.278 e. The standard InChI is InChI=1S/C12H17N3O3S/c1-9-14-11-5-4-10(8-12(11)18-9)6-7-13-19(16,17)15(2)3/h4-5,8,13H,6-7H2,1-3H3. The summed E-state index contributed by atoms with van der Waals surface area (Å²) in [5.41, 5.74) is 2.55. The molecular weight excluding hydrogens is 266 g/mol. The van der Waals surface area contributed by atoms with Crippen molar-refractivity contribution in [1.82, 2.24) is 14.0 Å². The summed E-state index contributed by atoms with van der Waals surface area (Å²) in [7, 11) is -0.376. The van der Waals surface area contributed by atoms with Gasteiger partial charge in [0.2, 0.25) is 0 Å². The highest BCUT2D eigenvalue weighted by Gasteiger charge is 2.11. The number of fused-ring (bicyclic) bond motifs is 1. The molecule has 7 heteroatoms. The summed E-state index contributed by atoms with van der Waals surface area (Å²) in [4.78, 5) is 4.21. The molecule has 0 saturated heterocycles. The highest BCUT2D eigenvalue weighted by molar-refractivity contribution is 7.87. The van der Waals surface area contributed by atoms with Crippen LogP contribution in [0, 0.1) is 6.92 Å². The van der Waals surface area contributed by atoms with Gasteiger partial charge in [-0.05, 0) is 24.1 Å². The number of hydrogen-bond acceptors (Lipinski definition) is 4. The molecule has 0 amide bonds. The van der Waals surface area contributed by atoms with E-state index >= 15 is 0 Å². The lowest BCUT2D eigenvalue weighted by atomic mass is 10.1. The molecule has 1 aromatic carbocycles. The molecule has 0 unspecified atom stereocenters. The van der Waals surface area contributed by atoms with E-state index in [1.807, 2.05) is 18.2 Å². The topological polar surface area (TPSA) is 75.4 Å². The van der Waals surface area contributed by atoms with Gasteiger partial charge in [-0.3, -0.25) is 0 Å². The molecule has 1 N–H and O–H groups in total. The molecule has 0 aliphatic heterocycles. The van der Waals surface area contributed by atoms with E-state index in [0.29, 0.717) is 18.9 Å². The third-order valence-electron chi connectivity index (χ3n) is 2.74. The number of nitrogens with one attached hydrogen (secondary N) is 1. The molecule has 6 nitrogen and oxygen atoms in total. The Morgan fingerprint density at radius 3 is 2.79 bits per heavy atom. The Kier molecular flexibility index (Phi) is 3.88. The van der Waals surface area contributed by atoms with Gasteiger partial charge >= 0.3 is 0 Å². The average molecular weight is 283 g/mol. The van der Waals surface area contributed by atoms with Crippen molar-refractivity contribution in [3.8, 4) is 0 Å². The average Bonchev–Trinajstić information content (AvgIpc) is 2.68. The Morgan fingerprint density at radius 2 is 2.11 bits per heavy atom. The van der Waals surface area contributed by atoms with Gasteiger partial charge in [-0.1, -0.05) is 6.07 Å². The molecule has 0 bridgehead atoms. The molecule has 2 rings (SSSR count). The number of hydrogen-bond donors (Lipinski definition) is 1. The highest BCUT2D eigenvalue weighted by Crippen LogP contribution is 2.17. The van der Waals surface area contributed by atoms with E-state index in [4.69, 9.17) is 4.42 Å². The normalized spacial score (nSPS) is 12.4. The van der Waals surface area contributed by atoms with Gasteiger partial charge in [0, 0.05) is 27.6 Å². The number of aryl methyl sites for hydroxylation is 1. The number of benzene rings is 1. The molecule has 0 saturated carbocycles. The van der Waals surface area contributed by atoms with Crippen LogP contribution in [0.25, 0.3) is 11.1 Å². The maximum Gasteiger partial charge on any atom is 0.278 e. The summed E-state index contributed by atoms with van der Waals surface area (Å²) in [6.45, 7) is 2.14. The maximum absolute atomic E-state index is 11.5. The van der Waals surface area contributed by atoms with Crippen molar-refractivity contribution in [2.75, 3.05) is 20.6 Å². The zero-order valence-corrected chi connectivity index (χ0v) is 12.0. The van der Waals surface area contributed by atoms with E-state index in [1.54, 1.807) is 6.92 Å². The highest BCUT2D eigenvalue weighted by atomic mass is 32.2. The molecule has 0 spiro atoms. The SMILES string of the molecule is Cc1nc2ccc(CCNS(=O)(=O)N(C)C)cc2o1. The van der Waals surface area contributed by atoms with Gasteiger partial charge in [0.15, 0.2) is 11.5 Å². The van der Waals surface area contributed by atoms with E-state index < -0.39 is 10.2 Å². The van der Waals surface area contributed by atoms with Crippen LogP contribution in [0.5, 0.6) is 0 Å². The first-order valence-corrected chi connectivity index (χ1v) is 7.36. The first-order chi connectivity index (χ1) is 8.88. The number of aromatic nitrogens is 1. The molecule has 104 valence electrons. The van der Waals surface area contributed by atoms with Crippen LogP contribution in [-0.2, 0) is 16.6 Å². The Labute approximate surface area is 112 Å². The fraction of sp³-hybridized carbons (Fsp3) is 0.417. The number of rotatable bonds is 5. The lowest BCUT2D eigenvalue weighted by molar-refractivity contribution is 0.506. The largest absolute Gasteiger partial charge is 0.441 e. The minimum Gasteiger partial charge on any atom is -0.441 e. The van der Waals surface area contributed by atoms with Crippen LogP contribution in [0.4, 0.5) is 0 Å². The Morgan fingerprint density at radius 1 is 1.37 bits per heavy atom. The summed E-state index contributed by atoms with van der Waals surface area (Å²) in [5, 5.41) is 0. The summed E-state index contributed by atoms with van der Waals surface area (Å²) in [6.07, 6.45) is 0.600. The molecule has 19 heavy (non-hydrogen) atoms. The van der Waals surface area contributed by atoms with Gasteiger partial charge in [0.25, 0.3) is 10.2 Å². The van der Waals surface area contributed by atoms with Crippen LogP contribution in [0.1, 0.15) is 11.5 Å². The van der Waals surface area contributed by atoms with Crippen molar-refractivity contribution in [3.63, 3.8) is 0 Å². The second-order valence-electron chi connectivity index (χ2n) is 4.47. The van der Waals surface area contributed by atoms with Crippen LogP contribution >= 0.6 is 0 Å². The minimum atomic E-state index is -3.36. The third kappa shape index (κ3) is 3.31. The summed E-state index contributed by atoms with van der Waals surface area (Å²) < 4.78 is 32.1. The number of nitrogens with zero attached hydrogens (tertiary/aromatic N) is 2. The van der Waals surface area contributed by atoms with Crippen molar-refractivity contribution >= 4 is 21.3 Å². The Hall–Kier alpha value is -1.44. The van der Waals surface area contributed by atoms with Crippen molar-refractivity contribution < 1.29 is 12.8 Å². The van der Waals surface area contributed by atoms with Crippen LogP contribution in [0.15, 0.2) is 22.6 Å². The maximum atomic E-state index is 11.5. The summed E-state index contributed by atoms with van der Waals surface area (Å²) in [5.74, 6) is 0.625. The molecule has 0 aliphatic carbocycles. The van der Waals surface area contributed by atoms with E-state index in [-0.39, 0.29) is 0 Å². The van der Waals surface area contributed by atoms with E-state index in [1.165, 1.54) is 14.1 Å². The first-order valence-electron chi connectivity index (χ1n) is 5.92. The van der Waals surface area contributed by atoms with Crippen LogP contribution < -0.4 is 4.72 Å². The second kappa shape index (κ2) is 5.28. The van der Waals surface area contributed by atoms with Gasteiger partial charge < -0.3 is 4.42 Å². The summed E-state index contributed by atoms with van der Waals surface area (Å²) >= 11 is 0. The first kappa shape index (κ1) is 14.0. The zero-order valence-electron chi connectivity index (χ0n) is 11.2. The van der Waals surface area contributed by atoms with Crippen molar-refractivity contribution in [2.45, 2.75) is 13.3 Å². The fourth-order valence-corrected chi connectivity index (χ4v) is 2.31. The predicted molar refractivity (Wildman–Crippen MR) is 73.1 cm³/mol. The lowest BCUT2D eigenvalue weighted by Gasteiger charge is -2.12. The van der Waals surface area contributed by atoms with Gasteiger partial charge in [0.05, 0.1) is 0 Å². The molecule has 0 radical (unpaired) electrons. The molecular formula is C12H17N3O3S. The minimum absolute atomic E-state index is 0.346. The zero-order chi connectivity index (χ0) is 14.0. The van der Waals surface area contributed by atoms with Crippen molar-refractivity contribution in [3.05, 3.63) is 29.7 Å². The molecule has 0 atom stereocenters. The molecule has 0 fully saturated rings. The third-order valence-corrected chi connectivity index (χ3v) is 4.27. The molecule has 1 aromatic heterocycles. The molecule has 2 aromatic rings. The van der Waals surface area contributed by atoms with Crippen LogP contribution in [-0.4, -0.2) is 38.3 Å². The summed E-state index contributed by atoms with van der Waals surface area (Å²) in [6, 6.07) is 5.69. The lowest BCUT2D eigenvalue weighted by Crippen LogP contribution is -2.36. The van der Waals surface area contributed by atoms with Crippen LogP contribution in [0.2, 0.25) is 0 Å². The molecule has 0 aliphatic rings. The Balaban J connectivity index is 2.02. The van der Waals surface area contributed by atoms with Gasteiger partial charge in [-0.25, -0.2) is 9.71 Å². The molecule has 1 heterocycles. The monoisotopic (exact) mass is 283 g/mol. The Bertz CT molecular complexity index is 677. The predicted octanol–water partition coefficient (Wildman–Crippen LogP) is 1.07.